The highest BCUT2D eigenvalue weighted by atomic mass is 16.2. The summed E-state index contributed by atoms with van der Waals surface area (Å²) in [4.78, 5) is 46.7. The molecule has 0 aliphatic carbocycles. The Balaban J connectivity index is 1.50. The fourth-order valence-corrected chi connectivity index (χ4v) is 4.19. The first-order valence-electron chi connectivity index (χ1n) is 9.89. The minimum Gasteiger partial charge on any atom is -0.351 e. The molecule has 2 aliphatic rings. The molecule has 28 heavy (non-hydrogen) atoms. The van der Waals surface area contributed by atoms with Crippen molar-refractivity contribution in [2.75, 3.05) is 32.7 Å². The minimum absolute atomic E-state index is 0.00760. The number of aromatic nitrogens is 1. The number of hydrogen-bond donors (Lipinski definition) is 1. The van der Waals surface area contributed by atoms with Gasteiger partial charge in [-0.05, 0) is 24.5 Å². The molecule has 0 radical (unpaired) electrons. The van der Waals surface area contributed by atoms with Gasteiger partial charge in [0.05, 0.1) is 6.54 Å². The van der Waals surface area contributed by atoms with E-state index in [1.165, 1.54) is 0 Å². The summed E-state index contributed by atoms with van der Waals surface area (Å²) < 4.78 is 0. The second-order valence-electron chi connectivity index (χ2n) is 8.07. The van der Waals surface area contributed by atoms with Gasteiger partial charge >= 0.3 is 0 Å². The maximum Gasteiger partial charge on any atom is 0.270 e. The number of hydrogen-bond acceptors (Lipinski definition) is 3. The molecule has 3 amide bonds. The highest BCUT2D eigenvalue weighted by molar-refractivity contribution is 5.98. The van der Waals surface area contributed by atoms with Crippen LogP contribution in [0.4, 0.5) is 0 Å². The normalized spacial score (nSPS) is 20.7. The first kappa shape index (κ1) is 18.5. The number of carbonyl (C=O) groups is 3. The predicted octanol–water partition coefficient (Wildman–Crippen LogP) is 1.71. The molecule has 2 saturated heterocycles. The molecular weight excluding hydrogens is 356 g/mol. The van der Waals surface area contributed by atoms with E-state index in [9.17, 15) is 14.4 Å². The molecule has 1 aromatic carbocycles. The van der Waals surface area contributed by atoms with Crippen LogP contribution in [0.25, 0.3) is 10.9 Å². The standard InChI is InChI=1S/C21H26N4O3/c1-14(2)12-24-13-19(26)25-10-9-23(8-7-18(25)21(24)28)20(27)17-11-15-5-3-4-6-16(15)22-17/h3-6,11,14,18,22H,7-10,12-13H2,1-2H3. The highest BCUT2D eigenvalue weighted by Crippen LogP contribution is 2.22. The fourth-order valence-electron chi connectivity index (χ4n) is 4.19. The molecule has 2 aromatic rings. The van der Waals surface area contributed by atoms with Crippen LogP contribution in [0.3, 0.4) is 0 Å². The van der Waals surface area contributed by atoms with Crippen molar-refractivity contribution in [2.45, 2.75) is 26.3 Å². The van der Waals surface area contributed by atoms with Crippen LogP contribution in [0.5, 0.6) is 0 Å². The van der Waals surface area contributed by atoms with E-state index in [0.29, 0.717) is 44.2 Å². The van der Waals surface area contributed by atoms with Gasteiger partial charge in [-0.1, -0.05) is 32.0 Å². The van der Waals surface area contributed by atoms with Crippen molar-refractivity contribution in [3.63, 3.8) is 0 Å². The number of carbonyl (C=O) groups excluding carboxylic acids is 3. The van der Waals surface area contributed by atoms with E-state index in [-0.39, 0.29) is 24.3 Å². The summed E-state index contributed by atoms with van der Waals surface area (Å²) in [6.07, 6.45) is 0.477. The van der Waals surface area contributed by atoms with Gasteiger partial charge in [0.2, 0.25) is 11.8 Å². The summed E-state index contributed by atoms with van der Waals surface area (Å²) in [5.41, 5.74) is 1.47. The third kappa shape index (κ3) is 3.37. The molecular formula is C21H26N4O3. The van der Waals surface area contributed by atoms with Gasteiger partial charge in [0.25, 0.3) is 5.91 Å². The molecule has 2 fully saturated rings. The van der Waals surface area contributed by atoms with Crippen molar-refractivity contribution in [1.29, 1.82) is 0 Å². The number of fused-ring (bicyclic) bond motifs is 2. The number of nitrogens with one attached hydrogen (secondary N) is 1. The summed E-state index contributed by atoms with van der Waals surface area (Å²) >= 11 is 0. The van der Waals surface area contributed by atoms with Crippen molar-refractivity contribution < 1.29 is 14.4 Å². The van der Waals surface area contributed by atoms with Gasteiger partial charge in [-0.15, -0.1) is 0 Å². The Hall–Kier alpha value is -2.83. The quantitative estimate of drug-likeness (QED) is 0.878. The van der Waals surface area contributed by atoms with Crippen molar-refractivity contribution in [1.82, 2.24) is 19.7 Å². The van der Waals surface area contributed by atoms with Gasteiger partial charge < -0.3 is 19.7 Å². The van der Waals surface area contributed by atoms with Crippen LogP contribution in [-0.4, -0.2) is 76.2 Å². The van der Waals surface area contributed by atoms with E-state index in [1.807, 2.05) is 44.2 Å². The van der Waals surface area contributed by atoms with Crippen LogP contribution in [0, 0.1) is 5.92 Å². The van der Waals surface area contributed by atoms with Crippen molar-refractivity contribution in [2.24, 2.45) is 5.92 Å². The lowest BCUT2D eigenvalue weighted by Gasteiger charge is -2.39. The van der Waals surface area contributed by atoms with E-state index in [0.717, 1.165) is 10.9 Å². The topological polar surface area (TPSA) is 76.7 Å². The van der Waals surface area contributed by atoms with Crippen LogP contribution < -0.4 is 0 Å². The summed E-state index contributed by atoms with van der Waals surface area (Å²) in [5, 5.41) is 0.993. The molecule has 148 valence electrons. The van der Waals surface area contributed by atoms with E-state index in [1.54, 1.807) is 14.7 Å². The molecule has 1 unspecified atom stereocenters. The third-order valence-corrected chi connectivity index (χ3v) is 5.54. The van der Waals surface area contributed by atoms with Crippen LogP contribution in [-0.2, 0) is 9.59 Å². The molecule has 4 rings (SSSR count). The Bertz CT molecular complexity index is 886. The van der Waals surface area contributed by atoms with Crippen LogP contribution in [0.1, 0.15) is 30.8 Å². The second-order valence-corrected chi connectivity index (χ2v) is 8.07. The second kappa shape index (κ2) is 7.30. The zero-order valence-corrected chi connectivity index (χ0v) is 16.4. The molecule has 0 saturated carbocycles. The van der Waals surface area contributed by atoms with Gasteiger partial charge in [0.1, 0.15) is 11.7 Å². The lowest BCUT2D eigenvalue weighted by molar-refractivity contribution is -0.156. The maximum absolute atomic E-state index is 13.0. The minimum atomic E-state index is -0.458. The van der Waals surface area contributed by atoms with Gasteiger partial charge in [-0.25, -0.2) is 0 Å². The lowest BCUT2D eigenvalue weighted by atomic mass is 10.1. The average molecular weight is 382 g/mol. The molecule has 7 heteroatoms. The number of piperazine rings is 1. The first-order valence-corrected chi connectivity index (χ1v) is 9.89. The molecule has 1 N–H and O–H groups in total. The van der Waals surface area contributed by atoms with Gasteiger partial charge in [0.15, 0.2) is 0 Å². The third-order valence-electron chi connectivity index (χ3n) is 5.54. The van der Waals surface area contributed by atoms with E-state index in [4.69, 9.17) is 0 Å². The number of rotatable bonds is 3. The van der Waals surface area contributed by atoms with E-state index in [2.05, 4.69) is 4.98 Å². The Morgan fingerprint density at radius 1 is 1.18 bits per heavy atom. The van der Waals surface area contributed by atoms with Crippen molar-refractivity contribution >= 4 is 28.6 Å². The average Bonchev–Trinajstić information content (AvgIpc) is 2.96. The largest absolute Gasteiger partial charge is 0.351 e. The number of H-pyrrole nitrogens is 1. The summed E-state index contributed by atoms with van der Waals surface area (Å²) in [6, 6.07) is 9.17. The summed E-state index contributed by atoms with van der Waals surface area (Å²) in [7, 11) is 0. The summed E-state index contributed by atoms with van der Waals surface area (Å²) in [6.45, 7) is 6.11. The Kier molecular flexibility index (Phi) is 4.83. The molecule has 0 bridgehead atoms. The van der Waals surface area contributed by atoms with Crippen molar-refractivity contribution in [3.8, 4) is 0 Å². The van der Waals surface area contributed by atoms with E-state index < -0.39 is 6.04 Å². The molecule has 3 heterocycles. The number of nitrogens with zero attached hydrogens (tertiary/aromatic N) is 3. The van der Waals surface area contributed by atoms with Crippen LogP contribution in [0.2, 0.25) is 0 Å². The smallest absolute Gasteiger partial charge is 0.270 e. The molecule has 1 atom stereocenters. The van der Waals surface area contributed by atoms with Crippen molar-refractivity contribution in [3.05, 3.63) is 36.0 Å². The zero-order valence-electron chi connectivity index (χ0n) is 16.4. The van der Waals surface area contributed by atoms with Gasteiger partial charge in [-0.3, -0.25) is 14.4 Å². The van der Waals surface area contributed by atoms with Crippen LogP contribution >= 0.6 is 0 Å². The van der Waals surface area contributed by atoms with Crippen LogP contribution in [0.15, 0.2) is 30.3 Å². The number of benzene rings is 1. The molecule has 7 nitrogen and oxygen atoms in total. The molecule has 1 aromatic heterocycles. The number of amides is 3. The fraction of sp³-hybridized carbons (Fsp3) is 0.476. The maximum atomic E-state index is 13.0. The number of para-hydroxylation sites is 1. The first-order chi connectivity index (χ1) is 13.4. The zero-order chi connectivity index (χ0) is 19.8. The molecule has 0 spiro atoms. The SMILES string of the molecule is CC(C)CN1CC(=O)N2CCN(C(=O)c3cc4ccccc4[nH]3)CCC2C1=O. The molecule has 2 aliphatic heterocycles. The Labute approximate surface area is 164 Å². The highest BCUT2D eigenvalue weighted by Gasteiger charge is 2.41. The van der Waals surface area contributed by atoms with Gasteiger partial charge in [-0.2, -0.15) is 0 Å². The number of aromatic amines is 1. The lowest BCUT2D eigenvalue weighted by Crippen LogP contribution is -2.60. The van der Waals surface area contributed by atoms with E-state index >= 15 is 0 Å². The predicted molar refractivity (Wildman–Crippen MR) is 106 cm³/mol. The Morgan fingerprint density at radius 2 is 1.96 bits per heavy atom. The Morgan fingerprint density at radius 3 is 2.71 bits per heavy atom. The van der Waals surface area contributed by atoms with Gasteiger partial charge in [0, 0.05) is 37.1 Å². The summed E-state index contributed by atoms with van der Waals surface area (Å²) in [5.74, 6) is 0.211. The monoisotopic (exact) mass is 382 g/mol.